The van der Waals surface area contributed by atoms with Gasteiger partial charge in [0.25, 0.3) is 0 Å². The van der Waals surface area contributed by atoms with Crippen LogP contribution in [0.1, 0.15) is 35.7 Å². The summed E-state index contributed by atoms with van der Waals surface area (Å²) >= 11 is 0. The van der Waals surface area contributed by atoms with Crippen LogP contribution < -0.4 is 5.73 Å². The lowest BCUT2D eigenvalue weighted by atomic mass is 9.51. The highest BCUT2D eigenvalue weighted by atomic mass is 16.3. The van der Waals surface area contributed by atoms with E-state index in [4.69, 9.17) is 11.3 Å². The molecule has 1 aromatic rings. The molecule has 3 aliphatic carbocycles. The summed E-state index contributed by atoms with van der Waals surface area (Å²) in [6, 6.07) is 2.25. The zero-order valence-corrected chi connectivity index (χ0v) is 16.7. The molecule has 0 spiro atoms. The number of fused-ring (bicyclic) bond motifs is 3. The van der Waals surface area contributed by atoms with Gasteiger partial charge in [0.2, 0.25) is 5.91 Å². The van der Waals surface area contributed by atoms with E-state index in [1.165, 1.54) is 13.0 Å². The Bertz CT molecular complexity index is 1180. The lowest BCUT2D eigenvalue weighted by Gasteiger charge is -2.52. The molecule has 1 aromatic carbocycles. The molecule has 1 amide bonds. The number of Topliss-reactive ketones (excluding diaryl/α,β-unsaturated/α-hetero) is 4. The van der Waals surface area contributed by atoms with Crippen molar-refractivity contribution in [1.82, 2.24) is 0 Å². The average molecular weight is 442 g/mol. The Balaban J connectivity index is 1.93. The fraction of sp³-hybridized carbons (Fsp3) is 0.450. The number of primary amides is 1. The normalized spacial score (nSPS) is 36.0. The first kappa shape index (κ1) is 21.6. The van der Waals surface area contributed by atoms with Gasteiger partial charge in [0.1, 0.15) is 5.75 Å². The van der Waals surface area contributed by atoms with Crippen molar-refractivity contribution in [2.45, 2.75) is 31.0 Å². The number of aromatic hydroxyl groups is 1. The molecule has 12 nitrogen and oxygen atoms in total. The largest absolute Gasteiger partial charge is 0.507 e. The average Bonchev–Trinajstić information content (AvgIpc) is 2.70. The molecule has 0 bridgehead atoms. The van der Waals surface area contributed by atoms with Crippen LogP contribution in [0.15, 0.2) is 17.2 Å². The van der Waals surface area contributed by atoms with Crippen molar-refractivity contribution in [3.63, 3.8) is 0 Å². The molecule has 32 heavy (non-hydrogen) atoms. The maximum absolute atomic E-state index is 13.4. The van der Waals surface area contributed by atoms with Crippen LogP contribution in [0.3, 0.4) is 0 Å². The third-order valence-corrected chi connectivity index (χ3v) is 6.95. The Morgan fingerprint density at radius 1 is 1.22 bits per heavy atom. The molecule has 3 aliphatic rings. The third kappa shape index (κ3) is 2.51. The molecule has 6 atom stereocenters. The first-order valence-electron chi connectivity index (χ1n) is 9.70. The van der Waals surface area contributed by atoms with Crippen LogP contribution >= 0.6 is 0 Å². The van der Waals surface area contributed by atoms with E-state index in [1.54, 1.807) is 0 Å². The SMILES string of the molecule is C[C@]1(O)c2c(N=[N+]=[N-])ccc(O)c2C(=O)C2C(=O)[C@]3(O)C(=O)C(C(N)=O)C(=O)C[C@@H]3C[C@@H]21. The van der Waals surface area contributed by atoms with Crippen LogP contribution in [0.2, 0.25) is 0 Å². The van der Waals surface area contributed by atoms with Gasteiger partial charge in [-0.3, -0.25) is 24.0 Å². The number of phenols is 1. The van der Waals surface area contributed by atoms with E-state index in [9.17, 15) is 39.3 Å². The molecule has 0 radical (unpaired) electrons. The van der Waals surface area contributed by atoms with Gasteiger partial charge in [0.05, 0.1) is 17.1 Å². The second-order valence-electron chi connectivity index (χ2n) is 8.57. The standard InChI is InChI=1S/C20H18N4O8/c1-19(31)7-4-6-5-10(26)13(18(21)30)17(29)20(6,32)16(28)11(7)15(27)12-9(25)3-2-8(14(12)19)23-24-22/h2-3,6-7,11,13,25,31-32H,4-5H2,1H3,(H2,21,30)/t6-,7-,11?,13?,19+,20-/m0/s1. The van der Waals surface area contributed by atoms with Gasteiger partial charge in [-0.2, -0.15) is 0 Å². The van der Waals surface area contributed by atoms with Gasteiger partial charge >= 0.3 is 0 Å². The minimum Gasteiger partial charge on any atom is -0.507 e. The molecule has 0 saturated heterocycles. The van der Waals surface area contributed by atoms with Gasteiger partial charge in [-0.25, -0.2) is 0 Å². The first-order chi connectivity index (χ1) is 14.9. The van der Waals surface area contributed by atoms with Crippen molar-refractivity contribution >= 4 is 34.7 Å². The van der Waals surface area contributed by atoms with Crippen LogP contribution in [0, 0.1) is 23.7 Å². The predicted molar refractivity (Wildman–Crippen MR) is 103 cm³/mol. The van der Waals surface area contributed by atoms with E-state index in [2.05, 4.69) is 10.0 Å². The van der Waals surface area contributed by atoms with Gasteiger partial charge in [-0.05, 0) is 31.0 Å². The van der Waals surface area contributed by atoms with Crippen molar-refractivity contribution in [3.8, 4) is 5.75 Å². The van der Waals surface area contributed by atoms with Crippen LogP contribution in [0.25, 0.3) is 10.4 Å². The lowest BCUT2D eigenvalue weighted by molar-refractivity contribution is -0.182. The number of carbonyl (C=O) groups excluding carboxylic acids is 5. The Morgan fingerprint density at radius 3 is 2.47 bits per heavy atom. The van der Waals surface area contributed by atoms with E-state index < -0.39 is 81.6 Å². The van der Waals surface area contributed by atoms with Crippen molar-refractivity contribution in [2.75, 3.05) is 0 Å². The van der Waals surface area contributed by atoms with Crippen molar-refractivity contribution in [1.29, 1.82) is 0 Å². The quantitative estimate of drug-likeness (QED) is 0.209. The summed E-state index contributed by atoms with van der Waals surface area (Å²) in [6.07, 6.45) is -0.843. The number of amides is 1. The highest BCUT2D eigenvalue weighted by Crippen LogP contribution is 2.56. The molecule has 5 N–H and O–H groups in total. The maximum Gasteiger partial charge on any atom is 0.235 e. The van der Waals surface area contributed by atoms with Gasteiger partial charge in [-0.1, -0.05) is 5.11 Å². The third-order valence-electron chi connectivity index (χ3n) is 6.95. The van der Waals surface area contributed by atoms with E-state index in [0.717, 1.165) is 6.07 Å². The summed E-state index contributed by atoms with van der Waals surface area (Å²) in [6.45, 7) is 1.25. The van der Waals surface area contributed by atoms with Crippen LogP contribution in [0.5, 0.6) is 5.75 Å². The minimum atomic E-state index is -2.82. The number of aliphatic hydroxyl groups is 2. The summed E-state index contributed by atoms with van der Waals surface area (Å²) in [4.78, 5) is 66.2. The van der Waals surface area contributed by atoms with Gasteiger partial charge in [0, 0.05) is 34.4 Å². The van der Waals surface area contributed by atoms with Crippen LogP contribution in [-0.2, 0) is 24.8 Å². The van der Waals surface area contributed by atoms with Gasteiger partial charge in [0.15, 0.2) is 34.7 Å². The fourth-order valence-corrected chi connectivity index (χ4v) is 5.47. The number of azide groups is 1. The monoisotopic (exact) mass is 442 g/mol. The summed E-state index contributed by atoms with van der Waals surface area (Å²) in [7, 11) is 0. The highest BCUT2D eigenvalue weighted by Gasteiger charge is 2.68. The molecular formula is C20H18N4O8. The second-order valence-corrected chi connectivity index (χ2v) is 8.57. The van der Waals surface area contributed by atoms with Crippen LogP contribution in [-0.4, -0.2) is 50.0 Å². The molecule has 4 rings (SSSR count). The van der Waals surface area contributed by atoms with Crippen molar-refractivity contribution in [2.24, 2.45) is 34.5 Å². The first-order valence-corrected chi connectivity index (χ1v) is 9.70. The van der Waals surface area contributed by atoms with Gasteiger partial charge < -0.3 is 21.1 Å². The Morgan fingerprint density at radius 2 is 1.88 bits per heavy atom. The number of carbonyl (C=O) groups is 5. The Labute approximate surface area is 179 Å². The number of nitrogens with zero attached hydrogens (tertiary/aromatic N) is 3. The Kier molecular flexibility index (Phi) is 4.53. The molecule has 0 aliphatic heterocycles. The minimum absolute atomic E-state index is 0.144. The number of nitrogens with two attached hydrogens (primary N) is 1. The topological polar surface area (TPSA) is 221 Å². The summed E-state index contributed by atoms with van der Waals surface area (Å²) in [5, 5.41) is 36.3. The number of rotatable bonds is 2. The maximum atomic E-state index is 13.4. The molecular weight excluding hydrogens is 424 g/mol. The summed E-state index contributed by atoms with van der Waals surface area (Å²) in [5.41, 5.74) is 8.33. The molecule has 0 heterocycles. The second kappa shape index (κ2) is 6.70. The van der Waals surface area contributed by atoms with Gasteiger partial charge in [-0.15, -0.1) is 0 Å². The number of hydrogen-bond acceptors (Lipinski definition) is 9. The Hall–Kier alpha value is -3.60. The number of hydrogen-bond donors (Lipinski definition) is 4. The van der Waals surface area contributed by atoms with Crippen LogP contribution in [0.4, 0.5) is 5.69 Å². The lowest BCUT2D eigenvalue weighted by Crippen LogP contribution is -2.69. The number of phenolic OH excluding ortho intramolecular Hbond substituents is 1. The number of ketones is 4. The highest BCUT2D eigenvalue weighted by molar-refractivity contribution is 6.31. The molecule has 166 valence electrons. The zero-order valence-electron chi connectivity index (χ0n) is 16.7. The molecule has 2 saturated carbocycles. The van der Waals surface area contributed by atoms with E-state index in [1.807, 2.05) is 0 Å². The molecule has 2 fully saturated rings. The smallest absolute Gasteiger partial charge is 0.235 e. The van der Waals surface area contributed by atoms with Crippen molar-refractivity contribution < 1.29 is 39.3 Å². The fourth-order valence-electron chi connectivity index (χ4n) is 5.47. The van der Waals surface area contributed by atoms with E-state index >= 15 is 0 Å². The predicted octanol–water partition coefficient (Wildman–Crippen LogP) is -0.0663. The molecule has 2 unspecified atom stereocenters. The molecule has 0 aromatic heterocycles. The number of benzene rings is 1. The molecule has 12 heteroatoms. The summed E-state index contributed by atoms with van der Waals surface area (Å²) < 4.78 is 0. The van der Waals surface area contributed by atoms with Crippen molar-refractivity contribution in [3.05, 3.63) is 33.7 Å². The van der Waals surface area contributed by atoms with E-state index in [-0.39, 0.29) is 17.7 Å². The summed E-state index contributed by atoms with van der Waals surface area (Å²) in [5.74, 6) is -12.7. The van der Waals surface area contributed by atoms with E-state index in [0.29, 0.717) is 0 Å². The zero-order chi connectivity index (χ0) is 23.7.